The molecule has 0 amide bonds. The van der Waals surface area contributed by atoms with Gasteiger partial charge in [0.1, 0.15) is 12.4 Å². The summed E-state index contributed by atoms with van der Waals surface area (Å²) in [7, 11) is 0. The lowest BCUT2D eigenvalue weighted by Crippen LogP contribution is -2.24. The van der Waals surface area contributed by atoms with Crippen LogP contribution in [0.4, 0.5) is 0 Å². The van der Waals surface area contributed by atoms with Gasteiger partial charge in [-0.15, -0.1) is 24.8 Å². The van der Waals surface area contributed by atoms with E-state index in [1.54, 1.807) is 6.20 Å². The number of hydrogen-bond donors (Lipinski definition) is 1. The van der Waals surface area contributed by atoms with E-state index in [4.69, 9.17) is 4.52 Å². The van der Waals surface area contributed by atoms with Crippen molar-refractivity contribution in [2.75, 3.05) is 6.54 Å². The van der Waals surface area contributed by atoms with E-state index >= 15 is 0 Å². The second-order valence-corrected chi connectivity index (χ2v) is 6.91. The topological polar surface area (TPSA) is 81.7 Å². The fraction of sp³-hybridized carbons (Fsp3) is 0.238. The molecule has 3 aromatic heterocycles. The van der Waals surface area contributed by atoms with Crippen LogP contribution in [-0.4, -0.2) is 31.2 Å². The zero-order valence-electron chi connectivity index (χ0n) is 16.4. The zero-order chi connectivity index (χ0) is 18.9. The highest BCUT2D eigenvalue weighted by atomic mass is 35.5. The highest BCUT2D eigenvalue weighted by molar-refractivity contribution is 5.85. The Balaban J connectivity index is 0.00000128. The average Bonchev–Trinajstić information content (AvgIpc) is 3.38. The van der Waals surface area contributed by atoms with Gasteiger partial charge in [-0.3, -0.25) is 4.98 Å². The predicted octanol–water partition coefficient (Wildman–Crippen LogP) is 3.84. The third-order valence-electron chi connectivity index (χ3n) is 5.08. The van der Waals surface area contributed by atoms with Crippen molar-refractivity contribution < 1.29 is 4.52 Å². The Morgan fingerprint density at radius 3 is 2.80 bits per heavy atom. The van der Waals surface area contributed by atoms with Crippen LogP contribution in [0.2, 0.25) is 0 Å². The van der Waals surface area contributed by atoms with Crippen LogP contribution in [0.5, 0.6) is 0 Å². The molecule has 1 aliphatic rings. The van der Waals surface area contributed by atoms with Gasteiger partial charge >= 0.3 is 0 Å². The normalized spacial score (nSPS) is 12.6. The molecule has 0 bridgehead atoms. The molecule has 1 aromatic carbocycles. The van der Waals surface area contributed by atoms with E-state index < -0.39 is 0 Å². The minimum Gasteiger partial charge on any atom is -0.337 e. The molecular formula is C21H22Cl2N6O. The molecule has 0 fully saturated rings. The van der Waals surface area contributed by atoms with Gasteiger partial charge in [-0.1, -0.05) is 35.5 Å². The van der Waals surface area contributed by atoms with Gasteiger partial charge in [0.25, 0.3) is 0 Å². The number of benzene rings is 1. The largest absolute Gasteiger partial charge is 0.337 e. The Kier molecular flexibility index (Phi) is 6.87. The highest BCUT2D eigenvalue weighted by Gasteiger charge is 2.21. The predicted molar refractivity (Wildman–Crippen MR) is 119 cm³/mol. The number of nitrogens with one attached hydrogen (secondary N) is 1. The summed E-state index contributed by atoms with van der Waals surface area (Å²) in [5.41, 5.74) is 5.46. The molecule has 0 aliphatic carbocycles. The molecule has 1 N–H and O–H groups in total. The molecular weight excluding hydrogens is 423 g/mol. The average molecular weight is 445 g/mol. The zero-order valence-corrected chi connectivity index (χ0v) is 18.0. The third kappa shape index (κ3) is 4.09. The van der Waals surface area contributed by atoms with Crippen LogP contribution in [0.25, 0.3) is 22.8 Å². The molecule has 1 aliphatic heterocycles. The molecule has 156 valence electrons. The van der Waals surface area contributed by atoms with Gasteiger partial charge in [0.05, 0.1) is 0 Å². The van der Waals surface area contributed by atoms with Crippen molar-refractivity contribution in [3.05, 3.63) is 71.6 Å². The number of imidazole rings is 1. The summed E-state index contributed by atoms with van der Waals surface area (Å²) in [6, 6.07) is 10.1. The summed E-state index contributed by atoms with van der Waals surface area (Å²) in [6.45, 7) is 4.25. The fourth-order valence-electron chi connectivity index (χ4n) is 3.72. The van der Waals surface area contributed by atoms with Crippen molar-refractivity contribution in [3.8, 4) is 22.8 Å². The van der Waals surface area contributed by atoms with Crippen molar-refractivity contribution in [2.24, 2.45) is 0 Å². The van der Waals surface area contributed by atoms with Crippen LogP contribution in [0.15, 0.2) is 53.4 Å². The standard InChI is InChI=1S/C21H20N6O.2ClH/c1-14-19(17-7-8-22-11-16(17)12-24-14)20-25-18(28-26-20)13-27-10-9-23-21(27)15-5-3-2-4-6-15;;/h2-6,9-10,12,22H,7-8,11,13H2,1H3;2*1H. The van der Waals surface area contributed by atoms with E-state index in [1.807, 2.05) is 54.2 Å². The number of hydrogen-bond acceptors (Lipinski definition) is 6. The van der Waals surface area contributed by atoms with E-state index in [2.05, 4.69) is 25.4 Å². The maximum Gasteiger partial charge on any atom is 0.246 e. The first-order valence-electron chi connectivity index (χ1n) is 9.37. The summed E-state index contributed by atoms with van der Waals surface area (Å²) in [6.07, 6.45) is 6.60. The van der Waals surface area contributed by atoms with Gasteiger partial charge in [-0.05, 0) is 31.0 Å². The van der Waals surface area contributed by atoms with E-state index in [9.17, 15) is 0 Å². The fourth-order valence-corrected chi connectivity index (χ4v) is 3.72. The maximum atomic E-state index is 5.58. The highest BCUT2D eigenvalue weighted by Crippen LogP contribution is 2.29. The van der Waals surface area contributed by atoms with Crippen LogP contribution >= 0.6 is 24.8 Å². The van der Waals surface area contributed by atoms with Gasteiger partial charge in [0.2, 0.25) is 11.7 Å². The Morgan fingerprint density at radius 2 is 1.97 bits per heavy atom. The van der Waals surface area contributed by atoms with Gasteiger partial charge in [-0.25, -0.2) is 4.98 Å². The van der Waals surface area contributed by atoms with Crippen molar-refractivity contribution in [1.82, 2.24) is 30.0 Å². The van der Waals surface area contributed by atoms with Gasteiger partial charge in [0, 0.05) is 42.0 Å². The quantitative estimate of drug-likeness (QED) is 0.514. The van der Waals surface area contributed by atoms with E-state index in [-0.39, 0.29) is 24.8 Å². The molecule has 0 radical (unpaired) electrons. The molecule has 0 atom stereocenters. The molecule has 4 heterocycles. The smallest absolute Gasteiger partial charge is 0.246 e. The van der Waals surface area contributed by atoms with Crippen molar-refractivity contribution in [2.45, 2.75) is 26.4 Å². The Morgan fingerprint density at radius 1 is 1.13 bits per heavy atom. The number of aryl methyl sites for hydroxylation is 1. The van der Waals surface area contributed by atoms with Gasteiger partial charge < -0.3 is 14.4 Å². The molecule has 7 nitrogen and oxygen atoms in total. The van der Waals surface area contributed by atoms with E-state index in [0.29, 0.717) is 18.3 Å². The number of aromatic nitrogens is 5. The molecule has 0 saturated heterocycles. The lowest BCUT2D eigenvalue weighted by atomic mass is 9.95. The van der Waals surface area contributed by atoms with E-state index in [0.717, 1.165) is 42.2 Å². The van der Waals surface area contributed by atoms with Crippen molar-refractivity contribution >= 4 is 24.8 Å². The van der Waals surface area contributed by atoms with Crippen molar-refractivity contribution in [1.29, 1.82) is 0 Å². The van der Waals surface area contributed by atoms with Gasteiger partial charge in [0.15, 0.2) is 0 Å². The van der Waals surface area contributed by atoms with Crippen LogP contribution < -0.4 is 5.32 Å². The molecule has 5 rings (SSSR count). The first-order valence-corrected chi connectivity index (χ1v) is 9.37. The summed E-state index contributed by atoms with van der Waals surface area (Å²) in [5.74, 6) is 2.04. The van der Waals surface area contributed by atoms with Gasteiger partial charge in [-0.2, -0.15) is 4.98 Å². The van der Waals surface area contributed by atoms with Crippen LogP contribution in [-0.2, 0) is 19.5 Å². The number of rotatable bonds is 4. The van der Waals surface area contributed by atoms with Crippen molar-refractivity contribution in [3.63, 3.8) is 0 Å². The third-order valence-corrected chi connectivity index (χ3v) is 5.08. The van der Waals surface area contributed by atoms with Crippen LogP contribution in [0, 0.1) is 6.92 Å². The molecule has 0 saturated carbocycles. The molecule has 4 aromatic rings. The Labute approximate surface area is 186 Å². The summed E-state index contributed by atoms with van der Waals surface area (Å²) in [5, 5.41) is 7.64. The Bertz CT molecular complexity index is 1130. The SMILES string of the molecule is Cc1ncc2c(c1-c1noc(Cn3ccnc3-c3ccccc3)n1)CCNC2.Cl.Cl. The monoisotopic (exact) mass is 444 g/mol. The van der Waals surface area contributed by atoms with E-state index in [1.165, 1.54) is 11.1 Å². The number of fused-ring (bicyclic) bond motifs is 1. The first kappa shape index (κ1) is 22.0. The van der Waals surface area contributed by atoms with Crippen LogP contribution in [0.1, 0.15) is 22.7 Å². The molecule has 0 spiro atoms. The minimum absolute atomic E-state index is 0. The molecule has 30 heavy (non-hydrogen) atoms. The first-order chi connectivity index (χ1) is 13.8. The molecule has 9 heteroatoms. The summed E-state index contributed by atoms with van der Waals surface area (Å²) >= 11 is 0. The maximum absolute atomic E-state index is 5.58. The summed E-state index contributed by atoms with van der Waals surface area (Å²) < 4.78 is 7.59. The second-order valence-electron chi connectivity index (χ2n) is 6.91. The number of pyridine rings is 1. The Hall–Kier alpha value is -2.74. The lowest BCUT2D eigenvalue weighted by Gasteiger charge is -2.19. The second kappa shape index (κ2) is 9.38. The minimum atomic E-state index is 0. The van der Waals surface area contributed by atoms with Crippen LogP contribution in [0.3, 0.4) is 0 Å². The number of nitrogens with zero attached hydrogens (tertiary/aromatic N) is 5. The number of halogens is 2. The lowest BCUT2D eigenvalue weighted by molar-refractivity contribution is 0.372. The summed E-state index contributed by atoms with van der Waals surface area (Å²) in [4.78, 5) is 13.7. The molecule has 0 unspecified atom stereocenters.